The number of hydrogen-bond donors (Lipinski definition) is 1. The minimum absolute atomic E-state index is 0.148. The number of ether oxygens (including phenoxy) is 1. The molecule has 11 heteroatoms. The van der Waals surface area contributed by atoms with Gasteiger partial charge in [0.15, 0.2) is 6.61 Å². The zero-order valence-electron chi connectivity index (χ0n) is 14.1. The molecule has 0 saturated carbocycles. The Morgan fingerprint density at radius 3 is 2.50 bits per heavy atom. The van der Waals surface area contributed by atoms with Crippen molar-refractivity contribution in [2.45, 2.75) is 6.18 Å². The first-order chi connectivity index (χ1) is 13.3. The van der Waals surface area contributed by atoms with Gasteiger partial charge in [-0.2, -0.15) is 13.2 Å². The van der Waals surface area contributed by atoms with E-state index in [2.05, 4.69) is 20.8 Å². The van der Waals surface area contributed by atoms with Crippen molar-refractivity contribution >= 4 is 17.6 Å². The Balaban J connectivity index is 1.56. The summed E-state index contributed by atoms with van der Waals surface area (Å²) in [4.78, 5) is 23.9. The maximum absolute atomic E-state index is 12.5. The Labute approximate surface area is 155 Å². The van der Waals surface area contributed by atoms with Crippen molar-refractivity contribution in [2.75, 3.05) is 11.9 Å². The van der Waals surface area contributed by atoms with Crippen molar-refractivity contribution < 1.29 is 27.5 Å². The van der Waals surface area contributed by atoms with E-state index >= 15 is 0 Å². The third-order valence-corrected chi connectivity index (χ3v) is 3.53. The fourth-order valence-electron chi connectivity index (χ4n) is 2.21. The molecule has 0 fully saturated rings. The van der Waals surface area contributed by atoms with Gasteiger partial charge in [-0.15, -0.1) is 5.10 Å². The topological polar surface area (TPSA) is 99.0 Å². The lowest BCUT2D eigenvalue weighted by molar-refractivity contribution is -0.137. The highest BCUT2D eigenvalue weighted by atomic mass is 19.4. The number of alkyl halides is 3. The molecule has 3 aromatic rings. The molecule has 144 valence electrons. The molecule has 3 rings (SSSR count). The molecule has 0 aliphatic carbocycles. The van der Waals surface area contributed by atoms with Crippen LogP contribution in [0, 0.1) is 0 Å². The summed E-state index contributed by atoms with van der Waals surface area (Å²) in [5, 5.41) is 13.0. The minimum atomic E-state index is -4.46. The molecule has 1 N–H and O–H groups in total. The normalized spacial score (nSPS) is 11.1. The summed E-state index contributed by atoms with van der Waals surface area (Å²) in [6.07, 6.45) is -3.11. The van der Waals surface area contributed by atoms with Crippen LogP contribution in [0.3, 0.4) is 0 Å². The van der Waals surface area contributed by atoms with Crippen LogP contribution < -0.4 is 5.32 Å². The minimum Gasteiger partial charge on any atom is -0.452 e. The lowest BCUT2D eigenvalue weighted by atomic mass is 10.2. The second-order valence-electron chi connectivity index (χ2n) is 5.50. The van der Waals surface area contributed by atoms with Crippen LogP contribution in [0.5, 0.6) is 0 Å². The summed E-state index contributed by atoms with van der Waals surface area (Å²) in [6.45, 7) is -0.602. The number of aromatic nitrogens is 4. The molecule has 1 heterocycles. The first-order valence-electron chi connectivity index (χ1n) is 7.80. The average molecular weight is 391 g/mol. The Bertz CT molecular complexity index is 972. The van der Waals surface area contributed by atoms with E-state index < -0.39 is 30.2 Å². The number of hydrogen-bond acceptors (Lipinski definition) is 6. The van der Waals surface area contributed by atoms with Gasteiger partial charge in [0.1, 0.15) is 6.33 Å². The molecular formula is C17H12F3N5O3. The highest BCUT2D eigenvalue weighted by Gasteiger charge is 2.30. The van der Waals surface area contributed by atoms with Gasteiger partial charge in [-0.05, 0) is 52.9 Å². The van der Waals surface area contributed by atoms with E-state index in [1.54, 1.807) is 12.1 Å². The number of amides is 1. The fourth-order valence-corrected chi connectivity index (χ4v) is 2.21. The van der Waals surface area contributed by atoms with E-state index in [9.17, 15) is 22.8 Å². The summed E-state index contributed by atoms with van der Waals surface area (Å²) in [7, 11) is 0. The van der Waals surface area contributed by atoms with Gasteiger partial charge < -0.3 is 10.1 Å². The second-order valence-corrected chi connectivity index (χ2v) is 5.50. The highest BCUT2D eigenvalue weighted by molar-refractivity contribution is 5.95. The maximum Gasteiger partial charge on any atom is 0.416 e. The number of anilines is 1. The van der Waals surface area contributed by atoms with Crippen molar-refractivity contribution in [1.82, 2.24) is 20.2 Å². The van der Waals surface area contributed by atoms with Gasteiger partial charge in [-0.3, -0.25) is 4.79 Å². The average Bonchev–Trinajstić information content (AvgIpc) is 3.21. The summed E-state index contributed by atoms with van der Waals surface area (Å²) in [6, 6.07) is 10.1. The van der Waals surface area contributed by atoms with Crippen LogP contribution in [-0.2, 0) is 15.7 Å². The van der Waals surface area contributed by atoms with Gasteiger partial charge in [0.2, 0.25) is 0 Å². The molecule has 28 heavy (non-hydrogen) atoms. The van der Waals surface area contributed by atoms with Crippen LogP contribution in [-0.4, -0.2) is 38.7 Å². The molecule has 0 unspecified atom stereocenters. The standard InChI is InChI=1S/C17H12F3N5O3/c18-17(19,20)12-4-6-13(7-5-12)22-15(26)9-28-16(27)11-2-1-3-14(8-11)25-10-21-23-24-25/h1-8,10H,9H2,(H,22,26). The highest BCUT2D eigenvalue weighted by Crippen LogP contribution is 2.29. The molecule has 0 aliphatic rings. The number of nitrogens with one attached hydrogen (secondary N) is 1. The van der Waals surface area contributed by atoms with E-state index in [0.717, 1.165) is 24.3 Å². The number of carbonyl (C=O) groups is 2. The molecule has 1 aromatic heterocycles. The predicted octanol–water partition coefficient (Wildman–Crippen LogP) is 2.48. The fraction of sp³-hybridized carbons (Fsp3) is 0.118. The van der Waals surface area contributed by atoms with Crippen LogP contribution >= 0.6 is 0 Å². The van der Waals surface area contributed by atoms with E-state index in [1.807, 2.05) is 0 Å². The van der Waals surface area contributed by atoms with Crippen molar-refractivity contribution in [3.8, 4) is 5.69 Å². The summed E-state index contributed by atoms with van der Waals surface area (Å²) < 4.78 is 43.8. The molecular weight excluding hydrogens is 379 g/mol. The third kappa shape index (κ3) is 4.69. The van der Waals surface area contributed by atoms with Crippen LogP contribution in [0.4, 0.5) is 18.9 Å². The molecule has 2 aromatic carbocycles. The lowest BCUT2D eigenvalue weighted by Crippen LogP contribution is -2.21. The number of esters is 1. The summed E-state index contributed by atoms with van der Waals surface area (Å²) >= 11 is 0. The van der Waals surface area contributed by atoms with Crippen molar-refractivity contribution in [2.24, 2.45) is 0 Å². The van der Waals surface area contributed by atoms with E-state index in [0.29, 0.717) is 5.69 Å². The number of rotatable bonds is 5. The van der Waals surface area contributed by atoms with Gasteiger partial charge >= 0.3 is 12.1 Å². The van der Waals surface area contributed by atoms with E-state index in [4.69, 9.17) is 4.74 Å². The Morgan fingerprint density at radius 1 is 1.11 bits per heavy atom. The largest absolute Gasteiger partial charge is 0.452 e. The van der Waals surface area contributed by atoms with E-state index in [-0.39, 0.29) is 11.3 Å². The Morgan fingerprint density at radius 2 is 1.86 bits per heavy atom. The number of carbonyl (C=O) groups excluding carboxylic acids is 2. The summed E-state index contributed by atoms with van der Waals surface area (Å²) in [5.74, 6) is -1.44. The van der Waals surface area contributed by atoms with Gasteiger partial charge in [-0.1, -0.05) is 6.07 Å². The van der Waals surface area contributed by atoms with Crippen LogP contribution in [0.2, 0.25) is 0 Å². The number of nitrogens with zero attached hydrogens (tertiary/aromatic N) is 4. The molecule has 0 atom stereocenters. The van der Waals surface area contributed by atoms with Crippen molar-refractivity contribution in [1.29, 1.82) is 0 Å². The first kappa shape index (κ1) is 19.0. The third-order valence-electron chi connectivity index (χ3n) is 3.53. The second kappa shape index (κ2) is 7.86. The molecule has 0 saturated heterocycles. The van der Waals surface area contributed by atoms with Crippen LogP contribution in [0.1, 0.15) is 15.9 Å². The number of benzene rings is 2. The molecule has 0 spiro atoms. The molecule has 8 nitrogen and oxygen atoms in total. The molecule has 1 amide bonds. The molecule has 0 bridgehead atoms. The van der Waals surface area contributed by atoms with Gasteiger partial charge in [0, 0.05) is 5.69 Å². The Hall–Kier alpha value is -3.76. The smallest absolute Gasteiger partial charge is 0.416 e. The monoisotopic (exact) mass is 391 g/mol. The lowest BCUT2D eigenvalue weighted by Gasteiger charge is -2.09. The number of halogens is 3. The maximum atomic E-state index is 12.5. The first-order valence-corrected chi connectivity index (χ1v) is 7.80. The predicted molar refractivity (Wildman–Crippen MR) is 89.5 cm³/mol. The summed E-state index contributed by atoms with van der Waals surface area (Å²) in [5.41, 5.74) is 0.0121. The van der Waals surface area contributed by atoms with Crippen LogP contribution in [0.25, 0.3) is 5.69 Å². The number of tetrazole rings is 1. The molecule has 0 radical (unpaired) electrons. The van der Waals surface area contributed by atoms with Gasteiger partial charge in [0.05, 0.1) is 16.8 Å². The Kier molecular flexibility index (Phi) is 5.34. The zero-order chi connectivity index (χ0) is 20.1. The zero-order valence-corrected chi connectivity index (χ0v) is 14.1. The van der Waals surface area contributed by atoms with Crippen molar-refractivity contribution in [3.63, 3.8) is 0 Å². The van der Waals surface area contributed by atoms with Gasteiger partial charge in [0.25, 0.3) is 5.91 Å². The van der Waals surface area contributed by atoms with Crippen molar-refractivity contribution in [3.05, 3.63) is 66.0 Å². The molecule has 0 aliphatic heterocycles. The SMILES string of the molecule is O=C(COC(=O)c1cccc(-n2cnnn2)c1)Nc1ccc(C(F)(F)F)cc1. The van der Waals surface area contributed by atoms with Gasteiger partial charge in [-0.25, -0.2) is 9.48 Å². The van der Waals surface area contributed by atoms with E-state index in [1.165, 1.54) is 23.1 Å². The van der Waals surface area contributed by atoms with Crippen LogP contribution in [0.15, 0.2) is 54.9 Å². The quantitative estimate of drug-likeness (QED) is 0.671.